The van der Waals surface area contributed by atoms with E-state index in [2.05, 4.69) is 22.8 Å². The van der Waals surface area contributed by atoms with Gasteiger partial charge in [0.2, 0.25) is 5.91 Å². The summed E-state index contributed by atoms with van der Waals surface area (Å²) in [4.78, 5) is 36.1. The van der Waals surface area contributed by atoms with E-state index in [1.165, 1.54) is 7.11 Å². The van der Waals surface area contributed by atoms with Crippen LogP contribution in [0.25, 0.3) is 11.1 Å². The second-order valence-corrected chi connectivity index (χ2v) is 8.44. The Hall–Kier alpha value is -3.39. The lowest BCUT2D eigenvalue weighted by Gasteiger charge is -2.23. The molecule has 2 aromatic rings. The maximum absolute atomic E-state index is 12.6. The van der Waals surface area contributed by atoms with Crippen LogP contribution in [-0.2, 0) is 19.1 Å². The van der Waals surface area contributed by atoms with E-state index in [0.29, 0.717) is 0 Å². The maximum Gasteiger partial charge on any atom is 0.407 e. The molecule has 1 aliphatic rings. The van der Waals surface area contributed by atoms with Crippen molar-refractivity contribution in [2.75, 3.05) is 20.3 Å². The van der Waals surface area contributed by atoms with E-state index in [4.69, 9.17) is 9.47 Å². The number of hydrogen-bond acceptors (Lipinski definition) is 5. The van der Waals surface area contributed by atoms with Gasteiger partial charge in [0.15, 0.2) is 6.04 Å². The highest BCUT2D eigenvalue weighted by molar-refractivity contribution is 5.84. The van der Waals surface area contributed by atoms with Crippen LogP contribution in [0.5, 0.6) is 0 Å². The first-order chi connectivity index (χ1) is 15.8. The Morgan fingerprint density at radius 3 is 2.06 bits per heavy atom. The summed E-state index contributed by atoms with van der Waals surface area (Å²) < 4.78 is 10.4. The monoisotopic (exact) mass is 454 g/mol. The highest BCUT2D eigenvalue weighted by Gasteiger charge is 2.30. The van der Waals surface area contributed by atoms with Gasteiger partial charge in [0, 0.05) is 25.5 Å². The molecule has 0 fully saturated rings. The van der Waals surface area contributed by atoms with Gasteiger partial charge in [-0.1, -0.05) is 62.4 Å². The second kappa shape index (κ2) is 11.0. The third-order valence-electron chi connectivity index (χ3n) is 5.82. The summed E-state index contributed by atoms with van der Waals surface area (Å²) in [7, 11) is 1.36. The van der Waals surface area contributed by atoms with Crippen LogP contribution in [-0.4, -0.2) is 55.5 Å². The topological polar surface area (TPSA) is 114 Å². The van der Waals surface area contributed by atoms with Crippen molar-refractivity contribution in [3.63, 3.8) is 0 Å². The fraction of sp³-hybridized carbons (Fsp3) is 0.400. The zero-order chi connectivity index (χ0) is 24.0. The predicted octanol–water partition coefficient (Wildman–Crippen LogP) is 3.16. The molecule has 33 heavy (non-hydrogen) atoms. The summed E-state index contributed by atoms with van der Waals surface area (Å²) in [6.45, 7) is 3.76. The lowest BCUT2D eigenvalue weighted by atomic mass is 9.98. The first kappa shape index (κ1) is 24.3. The number of benzene rings is 2. The molecule has 8 nitrogen and oxygen atoms in total. The molecule has 0 heterocycles. The molecule has 0 aromatic heterocycles. The summed E-state index contributed by atoms with van der Waals surface area (Å²) >= 11 is 0. The number of amides is 2. The SMILES string of the molecule is COCC(NC(=O)C[C@@H](NC(=O)OCC1c2ccccc2-c2ccccc21)C(C)C)C(=O)O. The number of carbonyl (C=O) groups excluding carboxylic acids is 2. The van der Waals surface area contributed by atoms with Gasteiger partial charge < -0.3 is 25.2 Å². The standard InChI is InChI=1S/C25H30N2O6/c1-15(2)21(12-23(28)26-22(14-32-3)24(29)30)27-25(31)33-13-20-18-10-6-4-8-16(18)17-9-5-7-11-19(17)20/h4-11,15,20-22H,12-14H2,1-3H3,(H,26,28)(H,27,31)(H,29,30)/t21-,22?/m1/s1. The van der Waals surface area contributed by atoms with Crippen LogP contribution in [0, 0.1) is 5.92 Å². The van der Waals surface area contributed by atoms with Gasteiger partial charge in [-0.05, 0) is 28.2 Å². The van der Waals surface area contributed by atoms with Crippen molar-refractivity contribution in [3.8, 4) is 11.1 Å². The Morgan fingerprint density at radius 2 is 1.55 bits per heavy atom. The Labute approximate surface area is 193 Å². The number of fused-ring (bicyclic) bond motifs is 3. The van der Waals surface area contributed by atoms with Crippen molar-refractivity contribution in [1.29, 1.82) is 0 Å². The van der Waals surface area contributed by atoms with Gasteiger partial charge in [0.05, 0.1) is 6.61 Å². The summed E-state index contributed by atoms with van der Waals surface area (Å²) in [6, 6.07) is 14.5. The first-order valence-electron chi connectivity index (χ1n) is 10.9. The summed E-state index contributed by atoms with van der Waals surface area (Å²) in [5.41, 5.74) is 4.51. The molecule has 2 aromatic carbocycles. The minimum absolute atomic E-state index is 0.0608. The van der Waals surface area contributed by atoms with Crippen molar-refractivity contribution >= 4 is 18.0 Å². The van der Waals surface area contributed by atoms with Gasteiger partial charge in [0.25, 0.3) is 0 Å². The van der Waals surface area contributed by atoms with E-state index in [0.717, 1.165) is 22.3 Å². The highest BCUT2D eigenvalue weighted by Crippen LogP contribution is 2.44. The molecule has 0 bridgehead atoms. The second-order valence-electron chi connectivity index (χ2n) is 8.44. The third-order valence-corrected chi connectivity index (χ3v) is 5.82. The molecule has 0 radical (unpaired) electrons. The number of ether oxygens (including phenoxy) is 2. The number of aliphatic carboxylic acids is 1. The molecular weight excluding hydrogens is 424 g/mol. The van der Waals surface area contributed by atoms with Crippen LogP contribution in [0.3, 0.4) is 0 Å². The summed E-state index contributed by atoms with van der Waals surface area (Å²) in [5.74, 6) is -1.80. The Morgan fingerprint density at radius 1 is 0.970 bits per heavy atom. The molecule has 2 atom stereocenters. The van der Waals surface area contributed by atoms with Crippen LogP contribution in [0.1, 0.15) is 37.3 Å². The van der Waals surface area contributed by atoms with Crippen molar-refractivity contribution in [2.45, 2.75) is 38.3 Å². The van der Waals surface area contributed by atoms with Crippen molar-refractivity contribution in [3.05, 3.63) is 59.7 Å². The van der Waals surface area contributed by atoms with Gasteiger partial charge >= 0.3 is 12.1 Å². The number of alkyl carbamates (subject to hydrolysis) is 1. The van der Waals surface area contributed by atoms with Crippen LogP contribution < -0.4 is 10.6 Å². The van der Waals surface area contributed by atoms with E-state index in [1.807, 2.05) is 50.2 Å². The molecule has 2 amide bonds. The lowest BCUT2D eigenvalue weighted by Crippen LogP contribution is -2.48. The first-order valence-corrected chi connectivity index (χ1v) is 10.9. The van der Waals surface area contributed by atoms with E-state index < -0.39 is 30.1 Å². The van der Waals surface area contributed by atoms with Gasteiger partial charge in [-0.2, -0.15) is 0 Å². The number of carboxylic acid groups (broad SMARTS) is 1. The molecule has 1 aliphatic carbocycles. The minimum atomic E-state index is -1.18. The molecular formula is C25H30N2O6. The smallest absolute Gasteiger partial charge is 0.407 e. The lowest BCUT2D eigenvalue weighted by molar-refractivity contribution is -0.143. The molecule has 0 spiro atoms. The number of rotatable bonds is 10. The maximum atomic E-state index is 12.6. The zero-order valence-corrected chi connectivity index (χ0v) is 19.0. The summed E-state index contributed by atoms with van der Waals surface area (Å²) in [5, 5.41) is 14.3. The molecule has 0 saturated heterocycles. The van der Waals surface area contributed by atoms with Crippen molar-refractivity contribution in [1.82, 2.24) is 10.6 Å². The average Bonchev–Trinajstić information content (AvgIpc) is 3.10. The largest absolute Gasteiger partial charge is 0.480 e. The Kier molecular flexibility index (Phi) is 8.06. The molecule has 1 unspecified atom stereocenters. The quantitative estimate of drug-likeness (QED) is 0.508. The molecule has 0 saturated carbocycles. The normalized spacial score (nSPS) is 14.2. The van der Waals surface area contributed by atoms with Crippen LogP contribution in [0.2, 0.25) is 0 Å². The summed E-state index contributed by atoms with van der Waals surface area (Å²) in [6.07, 6.45) is -0.690. The van der Waals surface area contributed by atoms with Crippen molar-refractivity contribution < 1.29 is 29.0 Å². The molecule has 3 N–H and O–H groups in total. The number of carboxylic acids is 1. The van der Waals surface area contributed by atoms with E-state index in [9.17, 15) is 19.5 Å². The third kappa shape index (κ3) is 5.90. The Balaban J connectivity index is 1.60. The molecule has 8 heteroatoms. The number of hydrogen-bond donors (Lipinski definition) is 3. The van der Waals surface area contributed by atoms with Crippen molar-refractivity contribution in [2.24, 2.45) is 5.92 Å². The predicted molar refractivity (Wildman–Crippen MR) is 123 cm³/mol. The van der Waals surface area contributed by atoms with Gasteiger partial charge in [0.1, 0.15) is 6.61 Å². The van der Waals surface area contributed by atoms with Crippen LogP contribution in [0.4, 0.5) is 4.79 Å². The number of nitrogens with one attached hydrogen (secondary N) is 2. The van der Waals surface area contributed by atoms with E-state index in [1.54, 1.807) is 0 Å². The molecule has 0 aliphatic heterocycles. The fourth-order valence-electron chi connectivity index (χ4n) is 4.04. The number of carbonyl (C=O) groups is 3. The zero-order valence-electron chi connectivity index (χ0n) is 19.0. The fourth-order valence-corrected chi connectivity index (χ4v) is 4.04. The van der Waals surface area contributed by atoms with Gasteiger partial charge in [-0.3, -0.25) is 4.79 Å². The van der Waals surface area contributed by atoms with Crippen LogP contribution in [0.15, 0.2) is 48.5 Å². The van der Waals surface area contributed by atoms with Crippen LogP contribution >= 0.6 is 0 Å². The highest BCUT2D eigenvalue weighted by atomic mass is 16.5. The van der Waals surface area contributed by atoms with E-state index >= 15 is 0 Å². The number of methoxy groups -OCH3 is 1. The van der Waals surface area contributed by atoms with Gasteiger partial charge in [-0.25, -0.2) is 9.59 Å². The molecule has 176 valence electrons. The Bertz CT molecular complexity index is 960. The van der Waals surface area contributed by atoms with Gasteiger partial charge in [-0.15, -0.1) is 0 Å². The van der Waals surface area contributed by atoms with E-state index in [-0.39, 0.29) is 31.5 Å². The minimum Gasteiger partial charge on any atom is -0.480 e. The molecule has 3 rings (SSSR count). The average molecular weight is 455 g/mol.